The van der Waals surface area contributed by atoms with Crippen LogP contribution >= 0.6 is 23.1 Å². The fourth-order valence-corrected chi connectivity index (χ4v) is 3.38. The lowest BCUT2D eigenvalue weighted by molar-refractivity contribution is 0.199. The summed E-state index contributed by atoms with van der Waals surface area (Å²) in [4.78, 5) is 16.4. The molecule has 3 nitrogen and oxygen atoms in total. The van der Waals surface area contributed by atoms with E-state index in [1.165, 1.54) is 9.77 Å². The largest absolute Gasteiger partial charge is 0.337 e. The van der Waals surface area contributed by atoms with Gasteiger partial charge >= 0.3 is 6.03 Å². The first-order valence-corrected chi connectivity index (χ1v) is 8.89. The van der Waals surface area contributed by atoms with E-state index in [2.05, 4.69) is 23.5 Å². The lowest BCUT2D eigenvalue weighted by atomic mass is 10.4. The van der Waals surface area contributed by atoms with Crippen molar-refractivity contribution >= 4 is 29.1 Å². The van der Waals surface area contributed by atoms with E-state index in [0.29, 0.717) is 13.1 Å². The normalized spacial score (nSPS) is 10.3. The molecule has 1 aromatic carbocycles. The van der Waals surface area contributed by atoms with Crippen LogP contribution in [0.3, 0.4) is 0 Å². The third kappa shape index (κ3) is 5.44. The van der Waals surface area contributed by atoms with Crippen LogP contribution in [-0.2, 0) is 6.54 Å². The lowest BCUT2D eigenvalue weighted by Gasteiger charge is -2.20. The molecule has 1 aromatic heterocycles. The third-order valence-electron chi connectivity index (χ3n) is 2.99. The Bertz CT molecular complexity index is 528. The number of nitrogens with one attached hydrogen (secondary N) is 1. The Kier molecular flexibility index (Phi) is 6.63. The number of hydrogen-bond donors (Lipinski definition) is 1. The monoisotopic (exact) mass is 320 g/mol. The number of rotatable bonds is 7. The predicted molar refractivity (Wildman–Crippen MR) is 91.0 cm³/mol. The Labute approximate surface area is 134 Å². The van der Waals surface area contributed by atoms with Crippen LogP contribution in [0.15, 0.2) is 52.7 Å². The van der Waals surface area contributed by atoms with Crippen molar-refractivity contribution in [2.75, 3.05) is 18.8 Å². The molecule has 0 aliphatic heterocycles. The smallest absolute Gasteiger partial charge is 0.317 e. The summed E-state index contributed by atoms with van der Waals surface area (Å²) in [7, 11) is 0. The Balaban J connectivity index is 1.70. The van der Waals surface area contributed by atoms with Gasteiger partial charge in [-0.15, -0.1) is 23.1 Å². The molecule has 0 aliphatic rings. The fourth-order valence-electron chi connectivity index (χ4n) is 1.87. The van der Waals surface area contributed by atoms with Crippen molar-refractivity contribution in [2.45, 2.75) is 18.4 Å². The van der Waals surface area contributed by atoms with Crippen molar-refractivity contribution in [1.29, 1.82) is 0 Å². The third-order valence-corrected chi connectivity index (χ3v) is 4.86. The fraction of sp³-hybridized carbons (Fsp3) is 0.312. The predicted octanol–water partition coefficient (Wildman–Crippen LogP) is 4.07. The molecule has 0 aliphatic carbocycles. The van der Waals surface area contributed by atoms with Crippen LogP contribution in [-0.4, -0.2) is 29.8 Å². The van der Waals surface area contributed by atoms with E-state index in [0.717, 1.165) is 12.3 Å². The van der Waals surface area contributed by atoms with Gasteiger partial charge in [-0.1, -0.05) is 24.3 Å². The van der Waals surface area contributed by atoms with E-state index in [4.69, 9.17) is 0 Å². The molecule has 2 amide bonds. The summed E-state index contributed by atoms with van der Waals surface area (Å²) in [6.07, 6.45) is 0. The van der Waals surface area contributed by atoms with Gasteiger partial charge in [0.25, 0.3) is 0 Å². The molecule has 112 valence electrons. The quantitative estimate of drug-likeness (QED) is 0.616. The van der Waals surface area contributed by atoms with Crippen LogP contribution in [0.1, 0.15) is 11.8 Å². The molecule has 5 heteroatoms. The minimum absolute atomic E-state index is 0.0135. The number of nitrogens with zero attached hydrogens (tertiary/aromatic N) is 1. The van der Waals surface area contributed by atoms with E-state index in [9.17, 15) is 4.79 Å². The molecule has 0 fully saturated rings. The van der Waals surface area contributed by atoms with Crippen LogP contribution in [0.5, 0.6) is 0 Å². The molecule has 1 heterocycles. The van der Waals surface area contributed by atoms with Gasteiger partial charge in [0.15, 0.2) is 0 Å². The molecular weight excluding hydrogens is 300 g/mol. The zero-order valence-corrected chi connectivity index (χ0v) is 13.8. The summed E-state index contributed by atoms with van der Waals surface area (Å²) in [6.45, 7) is 4.09. The van der Waals surface area contributed by atoms with Gasteiger partial charge < -0.3 is 10.2 Å². The maximum Gasteiger partial charge on any atom is 0.317 e. The number of benzene rings is 1. The summed E-state index contributed by atoms with van der Waals surface area (Å²) in [5, 5.41) is 5.03. The highest BCUT2D eigenvalue weighted by atomic mass is 32.2. The number of amides is 2. The molecule has 1 N–H and O–H groups in total. The number of urea groups is 1. The Morgan fingerprint density at radius 2 is 2.05 bits per heavy atom. The summed E-state index contributed by atoms with van der Waals surface area (Å²) in [6, 6.07) is 14.3. The molecule has 0 atom stereocenters. The van der Waals surface area contributed by atoms with E-state index in [1.54, 1.807) is 23.1 Å². The molecule has 0 bridgehead atoms. The van der Waals surface area contributed by atoms with E-state index in [-0.39, 0.29) is 6.03 Å². The highest BCUT2D eigenvalue weighted by Crippen LogP contribution is 2.16. The van der Waals surface area contributed by atoms with E-state index < -0.39 is 0 Å². The minimum Gasteiger partial charge on any atom is -0.337 e. The van der Waals surface area contributed by atoms with Gasteiger partial charge in [-0.05, 0) is 30.5 Å². The Hall–Kier alpha value is -1.46. The molecule has 0 spiro atoms. The molecule has 2 rings (SSSR count). The molecule has 0 saturated heterocycles. The molecule has 0 unspecified atom stereocenters. The summed E-state index contributed by atoms with van der Waals surface area (Å²) >= 11 is 3.44. The topological polar surface area (TPSA) is 32.3 Å². The van der Waals surface area contributed by atoms with Gasteiger partial charge in [0, 0.05) is 28.6 Å². The van der Waals surface area contributed by atoms with Crippen molar-refractivity contribution in [3.05, 3.63) is 52.7 Å². The van der Waals surface area contributed by atoms with Gasteiger partial charge in [-0.3, -0.25) is 0 Å². The van der Waals surface area contributed by atoms with Gasteiger partial charge in [-0.25, -0.2) is 4.79 Å². The lowest BCUT2D eigenvalue weighted by Crippen LogP contribution is -2.40. The molecule has 21 heavy (non-hydrogen) atoms. The zero-order chi connectivity index (χ0) is 14.9. The summed E-state index contributed by atoms with van der Waals surface area (Å²) < 4.78 is 0. The van der Waals surface area contributed by atoms with Gasteiger partial charge in [0.05, 0.1) is 6.54 Å². The van der Waals surface area contributed by atoms with Crippen molar-refractivity contribution in [3.8, 4) is 0 Å². The van der Waals surface area contributed by atoms with Crippen LogP contribution in [0.4, 0.5) is 4.79 Å². The van der Waals surface area contributed by atoms with Crippen LogP contribution in [0.2, 0.25) is 0 Å². The molecular formula is C16H20N2OS2. The number of hydrogen-bond acceptors (Lipinski definition) is 3. The van der Waals surface area contributed by atoms with Crippen LogP contribution in [0.25, 0.3) is 0 Å². The second-order valence-electron chi connectivity index (χ2n) is 4.49. The second kappa shape index (κ2) is 8.74. The van der Waals surface area contributed by atoms with Crippen molar-refractivity contribution in [2.24, 2.45) is 0 Å². The Morgan fingerprint density at radius 3 is 2.71 bits per heavy atom. The average molecular weight is 320 g/mol. The molecule has 2 aromatic rings. The van der Waals surface area contributed by atoms with Crippen LogP contribution in [0, 0.1) is 0 Å². The molecule has 0 saturated carbocycles. The first-order valence-electron chi connectivity index (χ1n) is 7.02. The highest BCUT2D eigenvalue weighted by molar-refractivity contribution is 7.99. The number of carbonyl (C=O) groups is 1. The van der Waals surface area contributed by atoms with Gasteiger partial charge in [0.2, 0.25) is 0 Å². The SMILES string of the molecule is CCN(Cc1cccs1)C(=O)NCCSc1ccccc1. The maximum atomic E-state index is 12.1. The average Bonchev–Trinajstić information content (AvgIpc) is 3.03. The van der Waals surface area contributed by atoms with Gasteiger partial charge in [0.1, 0.15) is 0 Å². The zero-order valence-electron chi connectivity index (χ0n) is 12.1. The summed E-state index contributed by atoms with van der Waals surface area (Å²) in [5.74, 6) is 0.881. The van der Waals surface area contributed by atoms with Crippen LogP contribution < -0.4 is 5.32 Å². The van der Waals surface area contributed by atoms with Crippen molar-refractivity contribution in [3.63, 3.8) is 0 Å². The highest BCUT2D eigenvalue weighted by Gasteiger charge is 2.11. The first-order chi connectivity index (χ1) is 10.3. The molecule has 0 radical (unpaired) electrons. The minimum atomic E-state index is 0.0135. The number of thioether (sulfide) groups is 1. The van der Waals surface area contributed by atoms with Gasteiger partial charge in [-0.2, -0.15) is 0 Å². The number of thiophene rings is 1. The summed E-state index contributed by atoms with van der Waals surface area (Å²) in [5.41, 5.74) is 0. The van der Waals surface area contributed by atoms with Crippen molar-refractivity contribution < 1.29 is 4.79 Å². The van der Waals surface area contributed by atoms with E-state index in [1.807, 2.05) is 41.5 Å². The first kappa shape index (κ1) is 15.9. The number of carbonyl (C=O) groups excluding carboxylic acids is 1. The standard InChI is InChI=1S/C16H20N2OS2/c1-2-18(13-15-9-6-11-20-15)16(19)17-10-12-21-14-7-4-3-5-8-14/h3-9,11H,2,10,12-13H2,1H3,(H,17,19). The Morgan fingerprint density at radius 1 is 1.24 bits per heavy atom. The maximum absolute atomic E-state index is 12.1. The van der Waals surface area contributed by atoms with Crippen molar-refractivity contribution in [1.82, 2.24) is 10.2 Å². The second-order valence-corrected chi connectivity index (χ2v) is 6.69. The van der Waals surface area contributed by atoms with E-state index >= 15 is 0 Å².